The van der Waals surface area contributed by atoms with E-state index < -0.39 is 22.1 Å². The van der Waals surface area contributed by atoms with E-state index in [-0.39, 0.29) is 10.9 Å². The zero-order chi connectivity index (χ0) is 14.7. The van der Waals surface area contributed by atoms with E-state index in [1.165, 1.54) is 0 Å². The van der Waals surface area contributed by atoms with Gasteiger partial charge in [-0.1, -0.05) is 0 Å². The monoisotopic (exact) mass is 315 g/mol. The highest BCUT2D eigenvalue weighted by Gasteiger charge is 2.31. The SMILES string of the molecule is C[C@H](CS)NS(=O)(=O)c1ccc(OC(F)(F)F)cc1. The lowest BCUT2D eigenvalue weighted by Gasteiger charge is -2.12. The standard InChI is InChI=1S/C10H12F3NO3S2/c1-7(6-18)14-19(15,16)9-4-2-8(3-5-9)17-10(11,12)13/h2-5,7,14,18H,6H2,1H3/t7-/m1/s1. The van der Waals surface area contributed by atoms with E-state index in [0.29, 0.717) is 5.75 Å². The van der Waals surface area contributed by atoms with E-state index in [1.54, 1.807) is 6.92 Å². The van der Waals surface area contributed by atoms with Crippen LogP contribution in [0.1, 0.15) is 6.92 Å². The fraction of sp³-hybridized carbons (Fsp3) is 0.400. The number of hydrogen-bond acceptors (Lipinski definition) is 4. The van der Waals surface area contributed by atoms with Crippen LogP contribution in [0.2, 0.25) is 0 Å². The van der Waals surface area contributed by atoms with E-state index in [9.17, 15) is 21.6 Å². The number of sulfonamides is 1. The van der Waals surface area contributed by atoms with Crippen LogP contribution in [0.25, 0.3) is 0 Å². The van der Waals surface area contributed by atoms with Gasteiger partial charge in [0, 0.05) is 11.8 Å². The summed E-state index contributed by atoms with van der Waals surface area (Å²) in [6, 6.07) is 3.56. The summed E-state index contributed by atoms with van der Waals surface area (Å²) < 4.78 is 65.3. The maximum Gasteiger partial charge on any atom is 0.573 e. The summed E-state index contributed by atoms with van der Waals surface area (Å²) in [7, 11) is -3.77. The Morgan fingerprint density at radius 2 is 1.84 bits per heavy atom. The molecular formula is C10H12F3NO3S2. The van der Waals surface area contributed by atoms with E-state index in [0.717, 1.165) is 24.3 Å². The second kappa shape index (κ2) is 6.02. The predicted octanol–water partition coefficient (Wildman–Crippen LogP) is 2.18. The Morgan fingerprint density at radius 3 is 2.26 bits per heavy atom. The average Bonchev–Trinajstić information content (AvgIpc) is 2.26. The van der Waals surface area contributed by atoms with Crippen molar-refractivity contribution in [1.82, 2.24) is 4.72 Å². The van der Waals surface area contributed by atoms with Crippen LogP contribution < -0.4 is 9.46 Å². The van der Waals surface area contributed by atoms with Crippen LogP contribution in [0.3, 0.4) is 0 Å². The molecule has 19 heavy (non-hydrogen) atoms. The number of ether oxygens (including phenoxy) is 1. The Balaban J connectivity index is 2.87. The molecule has 1 N–H and O–H groups in total. The summed E-state index contributed by atoms with van der Waals surface area (Å²) in [6.07, 6.45) is -4.81. The van der Waals surface area contributed by atoms with Crippen LogP contribution in [0.15, 0.2) is 29.2 Å². The fourth-order valence-corrected chi connectivity index (χ4v) is 2.65. The lowest BCUT2D eigenvalue weighted by molar-refractivity contribution is -0.274. The molecule has 0 aliphatic rings. The van der Waals surface area contributed by atoms with Crippen LogP contribution in [0.4, 0.5) is 13.2 Å². The summed E-state index contributed by atoms with van der Waals surface area (Å²) in [5, 5.41) is 0. The molecule has 0 bridgehead atoms. The normalized spacial score (nSPS) is 14.2. The molecule has 1 rings (SSSR count). The van der Waals surface area contributed by atoms with Gasteiger partial charge in [0.15, 0.2) is 0 Å². The quantitative estimate of drug-likeness (QED) is 0.819. The molecule has 0 spiro atoms. The molecule has 0 fully saturated rings. The van der Waals surface area contributed by atoms with Crippen molar-refractivity contribution in [3.63, 3.8) is 0 Å². The first kappa shape index (κ1) is 16.1. The third-order valence-corrected chi connectivity index (χ3v) is 4.15. The minimum absolute atomic E-state index is 0.143. The van der Waals surface area contributed by atoms with E-state index in [4.69, 9.17) is 0 Å². The Labute approximate surface area is 114 Å². The summed E-state index contributed by atoms with van der Waals surface area (Å²) in [5.74, 6) is -0.178. The van der Waals surface area contributed by atoms with E-state index in [2.05, 4.69) is 22.1 Å². The van der Waals surface area contributed by atoms with Gasteiger partial charge in [0.25, 0.3) is 0 Å². The molecule has 4 nitrogen and oxygen atoms in total. The molecule has 0 saturated carbocycles. The molecule has 0 radical (unpaired) electrons. The second-order valence-corrected chi connectivity index (χ2v) is 5.80. The number of hydrogen-bond donors (Lipinski definition) is 2. The lowest BCUT2D eigenvalue weighted by Crippen LogP contribution is -2.33. The van der Waals surface area contributed by atoms with Gasteiger partial charge in [-0.15, -0.1) is 13.2 Å². The number of benzene rings is 1. The highest BCUT2D eigenvalue weighted by Crippen LogP contribution is 2.23. The molecule has 0 saturated heterocycles. The smallest absolute Gasteiger partial charge is 0.406 e. The Hall–Kier alpha value is -0.930. The minimum Gasteiger partial charge on any atom is -0.406 e. The van der Waals surface area contributed by atoms with Gasteiger partial charge in [0.05, 0.1) is 4.90 Å². The molecule has 0 unspecified atom stereocenters. The molecule has 1 aromatic rings. The van der Waals surface area contributed by atoms with Crippen molar-refractivity contribution < 1.29 is 26.3 Å². The van der Waals surface area contributed by atoms with Gasteiger partial charge in [-0.3, -0.25) is 0 Å². The molecule has 0 heterocycles. The third-order valence-electron chi connectivity index (χ3n) is 2.00. The van der Waals surface area contributed by atoms with Crippen molar-refractivity contribution in [3.05, 3.63) is 24.3 Å². The van der Waals surface area contributed by atoms with Crippen LogP contribution in [-0.2, 0) is 10.0 Å². The topological polar surface area (TPSA) is 55.4 Å². The number of alkyl halides is 3. The maximum absolute atomic E-state index is 11.9. The third kappa shape index (κ3) is 5.29. The van der Waals surface area contributed by atoms with Crippen LogP contribution in [-0.4, -0.2) is 26.6 Å². The van der Waals surface area contributed by atoms with Gasteiger partial charge in [-0.25, -0.2) is 13.1 Å². The fourth-order valence-electron chi connectivity index (χ4n) is 1.19. The molecule has 9 heteroatoms. The average molecular weight is 315 g/mol. The number of halogens is 3. The maximum atomic E-state index is 11.9. The Kier molecular flexibility index (Phi) is 5.11. The second-order valence-electron chi connectivity index (χ2n) is 3.72. The summed E-state index contributed by atoms with van der Waals surface area (Å²) in [4.78, 5) is -0.143. The zero-order valence-electron chi connectivity index (χ0n) is 9.81. The number of thiol groups is 1. The molecule has 1 aromatic carbocycles. The van der Waals surface area contributed by atoms with Gasteiger partial charge >= 0.3 is 6.36 Å². The highest BCUT2D eigenvalue weighted by atomic mass is 32.2. The minimum atomic E-state index is -4.81. The largest absolute Gasteiger partial charge is 0.573 e. The summed E-state index contributed by atoms with van der Waals surface area (Å²) in [5.41, 5.74) is 0. The zero-order valence-corrected chi connectivity index (χ0v) is 11.5. The Morgan fingerprint density at radius 1 is 1.32 bits per heavy atom. The Bertz CT molecular complexity index is 514. The lowest BCUT2D eigenvalue weighted by atomic mass is 10.3. The molecule has 1 atom stereocenters. The van der Waals surface area contributed by atoms with Gasteiger partial charge in [-0.05, 0) is 31.2 Å². The molecule has 0 aliphatic carbocycles. The highest BCUT2D eigenvalue weighted by molar-refractivity contribution is 7.89. The summed E-state index contributed by atoms with van der Waals surface area (Å²) >= 11 is 3.93. The van der Waals surface area contributed by atoms with E-state index >= 15 is 0 Å². The van der Waals surface area contributed by atoms with Crippen molar-refractivity contribution in [1.29, 1.82) is 0 Å². The van der Waals surface area contributed by atoms with Crippen LogP contribution in [0.5, 0.6) is 5.75 Å². The molecule has 0 aliphatic heterocycles. The van der Waals surface area contributed by atoms with Gasteiger partial charge in [0.1, 0.15) is 5.75 Å². The first-order valence-corrected chi connectivity index (χ1v) is 7.24. The van der Waals surface area contributed by atoms with Gasteiger partial charge < -0.3 is 4.74 Å². The van der Waals surface area contributed by atoms with Crippen molar-refractivity contribution in [3.8, 4) is 5.75 Å². The first-order chi connectivity index (χ1) is 8.64. The first-order valence-electron chi connectivity index (χ1n) is 5.13. The molecule has 108 valence electrons. The summed E-state index contributed by atoms with van der Waals surface area (Å²) in [6.45, 7) is 1.62. The predicted molar refractivity (Wildman–Crippen MR) is 66.8 cm³/mol. The van der Waals surface area contributed by atoms with Crippen LogP contribution >= 0.6 is 12.6 Å². The number of nitrogens with one attached hydrogen (secondary N) is 1. The molecular weight excluding hydrogens is 303 g/mol. The van der Waals surface area contributed by atoms with E-state index in [1.807, 2.05) is 0 Å². The van der Waals surface area contributed by atoms with Gasteiger partial charge in [-0.2, -0.15) is 12.6 Å². The van der Waals surface area contributed by atoms with Crippen LogP contribution in [0, 0.1) is 0 Å². The number of rotatable bonds is 5. The molecule has 0 aromatic heterocycles. The molecule has 0 amide bonds. The van der Waals surface area contributed by atoms with Gasteiger partial charge in [0.2, 0.25) is 10.0 Å². The van der Waals surface area contributed by atoms with Crippen molar-refractivity contribution in [2.75, 3.05) is 5.75 Å². The van der Waals surface area contributed by atoms with Crippen molar-refractivity contribution in [2.24, 2.45) is 0 Å². The van der Waals surface area contributed by atoms with Crippen molar-refractivity contribution in [2.45, 2.75) is 24.2 Å². The van der Waals surface area contributed by atoms with Crippen molar-refractivity contribution >= 4 is 22.7 Å².